The van der Waals surface area contributed by atoms with Crippen LogP contribution in [0.15, 0.2) is 40.9 Å². The van der Waals surface area contributed by atoms with Crippen molar-refractivity contribution >= 4 is 27.5 Å². The number of hydrogen-bond donors (Lipinski definition) is 1. The van der Waals surface area contributed by atoms with Crippen molar-refractivity contribution in [1.82, 2.24) is 5.32 Å². The fourth-order valence-electron chi connectivity index (χ4n) is 2.42. The van der Waals surface area contributed by atoms with E-state index >= 15 is 0 Å². The molecule has 0 aliphatic heterocycles. The molecule has 0 aliphatic carbocycles. The minimum atomic E-state index is 0.386. The molecule has 0 unspecified atom stereocenters. The van der Waals surface area contributed by atoms with E-state index in [-0.39, 0.29) is 0 Å². The standard InChI is InChI=1S/C20H25BrClNO3/c1-3-25-10-6-9-23-13-16-11-19(24-2)20(12-17(16)21)26-14-15-7-4-5-8-18(15)22/h4-5,7-8,11-12,23H,3,6,9-10,13-14H2,1-2H3. The molecule has 0 spiro atoms. The zero-order chi connectivity index (χ0) is 18.8. The summed E-state index contributed by atoms with van der Waals surface area (Å²) in [5, 5.41) is 4.11. The summed E-state index contributed by atoms with van der Waals surface area (Å²) in [5.41, 5.74) is 2.05. The van der Waals surface area contributed by atoms with E-state index in [0.717, 1.165) is 48.3 Å². The van der Waals surface area contributed by atoms with Gasteiger partial charge in [-0.15, -0.1) is 0 Å². The average Bonchev–Trinajstić information content (AvgIpc) is 2.65. The Morgan fingerprint density at radius 3 is 2.65 bits per heavy atom. The molecule has 6 heteroatoms. The fourth-order valence-corrected chi connectivity index (χ4v) is 3.08. The summed E-state index contributed by atoms with van der Waals surface area (Å²) < 4.78 is 17.7. The van der Waals surface area contributed by atoms with Gasteiger partial charge in [-0.1, -0.05) is 45.7 Å². The molecule has 0 bridgehead atoms. The number of hydrogen-bond acceptors (Lipinski definition) is 4. The van der Waals surface area contributed by atoms with Gasteiger partial charge in [0.15, 0.2) is 11.5 Å². The van der Waals surface area contributed by atoms with Crippen molar-refractivity contribution in [2.75, 3.05) is 26.9 Å². The maximum absolute atomic E-state index is 6.19. The molecule has 2 aromatic rings. The summed E-state index contributed by atoms with van der Waals surface area (Å²) in [5.74, 6) is 1.38. The van der Waals surface area contributed by atoms with Crippen LogP contribution in [0.5, 0.6) is 11.5 Å². The van der Waals surface area contributed by atoms with Gasteiger partial charge in [0.25, 0.3) is 0 Å². The van der Waals surface area contributed by atoms with E-state index in [9.17, 15) is 0 Å². The lowest BCUT2D eigenvalue weighted by atomic mass is 10.2. The van der Waals surface area contributed by atoms with Crippen LogP contribution in [0.3, 0.4) is 0 Å². The molecule has 0 aromatic heterocycles. The highest BCUT2D eigenvalue weighted by Gasteiger charge is 2.11. The van der Waals surface area contributed by atoms with Gasteiger partial charge in [0.2, 0.25) is 0 Å². The smallest absolute Gasteiger partial charge is 0.162 e. The summed E-state index contributed by atoms with van der Waals surface area (Å²) in [6.45, 7) is 5.58. The molecule has 0 fully saturated rings. The second kappa shape index (κ2) is 11.4. The third-order valence-corrected chi connectivity index (χ3v) is 4.94. The zero-order valence-corrected chi connectivity index (χ0v) is 17.5. The van der Waals surface area contributed by atoms with Crippen LogP contribution >= 0.6 is 27.5 Å². The number of ether oxygens (including phenoxy) is 3. The number of methoxy groups -OCH3 is 1. The monoisotopic (exact) mass is 441 g/mol. The summed E-state index contributed by atoms with van der Waals surface area (Å²) in [6, 6.07) is 11.6. The lowest BCUT2D eigenvalue weighted by Gasteiger charge is -2.15. The molecule has 142 valence electrons. The van der Waals surface area contributed by atoms with Crippen LogP contribution in [-0.4, -0.2) is 26.9 Å². The Labute approximate surface area is 168 Å². The van der Waals surface area contributed by atoms with Crippen molar-refractivity contribution in [3.05, 3.63) is 57.0 Å². The second-order valence-corrected chi connectivity index (χ2v) is 6.96. The molecule has 0 radical (unpaired) electrons. The predicted octanol–water partition coefficient (Wildman–Crippen LogP) is 5.21. The van der Waals surface area contributed by atoms with Gasteiger partial charge >= 0.3 is 0 Å². The van der Waals surface area contributed by atoms with E-state index in [0.29, 0.717) is 23.1 Å². The molecule has 0 saturated carbocycles. The van der Waals surface area contributed by atoms with Gasteiger partial charge in [0.05, 0.1) is 7.11 Å². The van der Waals surface area contributed by atoms with E-state index < -0.39 is 0 Å². The number of nitrogens with one attached hydrogen (secondary N) is 1. The van der Waals surface area contributed by atoms with Crippen LogP contribution in [0.2, 0.25) is 5.02 Å². The number of benzene rings is 2. The molecule has 0 atom stereocenters. The molecular weight excluding hydrogens is 418 g/mol. The van der Waals surface area contributed by atoms with Gasteiger partial charge in [-0.3, -0.25) is 0 Å². The summed E-state index contributed by atoms with van der Waals surface area (Å²) >= 11 is 9.80. The first-order valence-corrected chi connectivity index (χ1v) is 9.83. The Balaban J connectivity index is 1.96. The lowest BCUT2D eigenvalue weighted by Crippen LogP contribution is -2.16. The Bertz CT molecular complexity index is 697. The molecule has 0 heterocycles. The second-order valence-electron chi connectivity index (χ2n) is 5.70. The molecule has 0 saturated heterocycles. The van der Waals surface area contributed by atoms with Crippen molar-refractivity contribution in [2.24, 2.45) is 0 Å². The highest BCUT2D eigenvalue weighted by molar-refractivity contribution is 9.10. The normalized spacial score (nSPS) is 10.8. The number of rotatable bonds is 11. The van der Waals surface area contributed by atoms with Crippen LogP contribution in [0.25, 0.3) is 0 Å². The van der Waals surface area contributed by atoms with Crippen LogP contribution in [0.4, 0.5) is 0 Å². The molecule has 26 heavy (non-hydrogen) atoms. The molecule has 2 rings (SSSR count). The maximum Gasteiger partial charge on any atom is 0.162 e. The zero-order valence-electron chi connectivity index (χ0n) is 15.2. The summed E-state index contributed by atoms with van der Waals surface area (Å²) in [4.78, 5) is 0. The Morgan fingerprint density at radius 1 is 1.12 bits per heavy atom. The van der Waals surface area contributed by atoms with Gasteiger partial charge < -0.3 is 19.5 Å². The van der Waals surface area contributed by atoms with Crippen molar-refractivity contribution in [3.8, 4) is 11.5 Å². The van der Waals surface area contributed by atoms with Crippen LogP contribution in [0, 0.1) is 0 Å². The summed E-state index contributed by atoms with van der Waals surface area (Å²) in [6.07, 6.45) is 0.988. The van der Waals surface area contributed by atoms with Crippen molar-refractivity contribution < 1.29 is 14.2 Å². The Hall–Kier alpha value is -1.27. The largest absolute Gasteiger partial charge is 0.493 e. The third-order valence-electron chi connectivity index (χ3n) is 3.84. The van der Waals surface area contributed by atoms with E-state index in [2.05, 4.69) is 21.2 Å². The molecular formula is C20H25BrClNO3. The first-order chi connectivity index (χ1) is 12.7. The van der Waals surface area contributed by atoms with Gasteiger partial charge in [0, 0.05) is 34.8 Å². The molecule has 0 amide bonds. The molecule has 0 aliphatic rings. The Kier molecular flexibility index (Phi) is 9.26. The quantitative estimate of drug-likeness (QED) is 0.485. The highest BCUT2D eigenvalue weighted by atomic mass is 79.9. The van der Waals surface area contributed by atoms with Gasteiger partial charge in [-0.2, -0.15) is 0 Å². The van der Waals surface area contributed by atoms with E-state index in [1.165, 1.54) is 0 Å². The summed E-state index contributed by atoms with van der Waals surface area (Å²) in [7, 11) is 1.64. The minimum Gasteiger partial charge on any atom is -0.493 e. The average molecular weight is 443 g/mol. The molecule has 4 nitrogen and oxygen atoms in total. The van der Waals surface area contributed by atoms with Crippen LogP contribution in [-0.2, 0) is 17.9 Å². The van der Waals surface area contributed by atoms with Crippen molar-refractivity contribution in [3.63, 3.8) is 0 Å². The first-order valence-electron chi connectivity index (χ1n) is 8.66. The van der Waals surface area contributed by atoms with E-state index in [1.54, 1.807) is 7.11 Å². The van der Waals surface area contributed by atoms with Gasteiger partial charge in [-0.05, 0) is 43.7 Å². The van der Waals surface area contributed by atoms with E-state index in [1.807, 2.05) is 43.3 Å². The minimum absolute atomic E-state index is 0.386. The third kappa shape index (κ3) is 6.47. The first kappa shape index (κ1) is 21.0. The van der Waals surface area contributed by atoms with Crippen LogP contribution < -0.4 is 14.8 Å². The highest BCUT2D eigenvalue weighted by Crippen LogP contribution is 2.34. The van der Waals surface area contributed by atoms with Crippen molar-refractivity contribution in [2.45, 2.75) is 26.5 Å². The fraction of sp³-hybridized carbons (Fsp3) is 0.400. The van der Waals surface area contributed by atoms with Crippen LogP contribution in [0.1, 0.15) is 24.5 Å². The van der Waals surface area contributed by atoms with Gasteiger partial charge in [0.1, 0.15) is 6.61 Å². The predicted molar refractivity (Wildman–Crippen MR) is 109 cm³/mol. The SMILES string of the molecule is CCOCCCNCc1cc(OC)c(OCc2ccccc2Cl)cc1Br. The Morgan fingerprint density at radius 2 is 1.92 bits per heavy atom. The maximum atomic E-state index is 6.19. The lowest BCUT2D eigenvalue weighted by molar-refractivity contribution is 0.144. The molecule has 2 aromatic carbocycles. The molecule has 1 N–H and O–H groups in total. The van der Waals surface area contributed by atoms with Crippen molar-refractivity contribution in [1.29, 1.82) is 0 Å². The van der Waals surface area contributed by atoms with E-state index in [4.69, 9.17) is 25.8 Å². The van der Waals surface area contributed by atoms with Gasteiger partial charge in [-0.25, -0.2) is 0 Å². The topological polar surface area (TPSA) is 39.7 Å². The number of halogens is 2.